The summed E-state index contributed by atoms with van der Waals surface area (Å²) < 4.78 is 1.11. The first kappa shape index (κ1) is 15.7. The van der Waals surface area contributed by atoms with Gasteiger partial charge in [0.1, 0.15) is 0 Å². The number of aryl methyl sites for hydroxylation is 1. The highest BCUT2D eigenvalue weighted by atomic mass is 79.9. The molecule has 2 N–H and O–H groups in total. The van der Waals surface area contributed by atoms with Crippen molar-refractivity contribution in [3.05, 3.63) is 49.9 Å². The first-order valence-corrected chi connectivity index (χ1v) is 8.42. The van der Waals surface area contributed by atoms with Gasteiger partial charge in [-0.1, -0.05) is 54.9 Å². The van der Waals surface area contributed by atoms with Crippen molar-refractivity contribution >= 4 is 27.3 Å². The van der Waals surface area contributed by atoms with Gasteiger partial charge in [0.2, 0.25) is 0 Å². The SMILES string of the molecule is Cc1cccc(C(N)Cc2nc(C(C)(C)C)cs2)c1Br. The fourth-order valence-electron chi connectivity index (χ4n) is 2.00. The molecule has 0 aliphatic rings. The van der Waals surface area contributed by atoms with E-state index < -0.39 is 0 Å². The second-order valence-corrected chi connectivity index (χ2v) is 7.90. The molecule has 1 heterocycles. The Kier molecular flexibility index (Phi) is 4.67. The molecule has 0 spiro atoms. The van der Waals surface area contributed by atoms with Gasteiger partial charge in [0.25, 0.3) is 0 Å². The Morgan fingerprint density at radius 2 is 2.05 bits per heavy atom. The summed E-state index contributed by atoms with van der Waals surface area (Å²) in [5, 5.41) is 3.25. The first-order valence-electron chi connectivity index (χ1n) is 6.74. The van der Waals surface area contributed by atoms with Gasteiger partial charge in [-0.25, -0.2) is 4.98 Å². The predicted octanol–water partition coefficient (Wildman–Crippen LogP) is 4.75. The Morgan fingerprint density at radius 3 is 2.65 bits per heavy atom. The van der Waals surface area contributed by atoms with Crippen LogP contribution in [0.2, 0.25) is 0 Å². The molecule has 20 heavy (non-hydrogen) atoms. The third kappa shape index (κ3) is 3.48. The summed E-state index contributed by atoms with van der Waals surface area (Å²) in [7, 11) is 0. The number of halogens is 1. The summed E-state index contributed by atoms with van der Waals surface area (Å²) >= 11 is 5.34. The molecule has 1 aromatic carbocycles. The Bertz CT molecular complexity index is 599. The predicted molar refractivity (Wildman–Crippen MR) is 90.3 cm³/mol. The zero-order valence-electron chi connectivity index (χ0n) is 12.4. The fraction of sp³-hybridized carbons (Fsp3) is 0.438. The largest absolute Gasteiger partial charge is 0.324 e. The van der Waals surface area contributed by atoms with Crippen LogP contribution >= 0.6 is 27.3 Å². The van der Waals surface area contributed by atoms with Gasteiger partial charge in [0.15, 0.2) is 0 Å². The molecule has 1 aromatic heterocycles. The highest BCUT2D eigenvalue weighted by molar-refractivity contribution is 9.10. The van der Waals surface area contributed by atoms with Gasteiger partial charge >= 0.3 is 0 Å². The lowest BCUT2D eigenvalue weighted by Crippen LogP contribution is -2.15. The van der Waals surface area contributed by atoms with Gasteiger partial charge in [-0.05, 0) is 18.1 Å². The molecule has 0 aliphatic carbocycles. The third-order valence-corrected chi connectivity index (χ3v) is 5.29. The van der Waals surface area contributed by atoms with Crippen LogP contribution in [0.4, 0.5) is 0 Å². The van der Waals surface area contributed by atoms with Crippen LogP contribution in [0.25, 0.3) is 0 Å². The molecule has 0 bridgehead atoms. The minimum atomic E-state index is -0.0248. The van der Waals surface area contributed by atoms with Crippen molar-refractivity contribution in [1.29, 1.82) is 0 Å². The van der Waals surface area contributed by atoms with E-state index in [1.54, 1.807) is 11.3 Å². The van der Waals surface area contributed by atoms with Gasteiger partial charge in [-0.3, -0.25) is 0 Å². The van der Waals surface area contributed by atoms with E-state index in [0.717, 1.165) is 27.2 Å². The molecule has 2 aromatic rings. The van der Waals surface area contributed by atoms with E-state index in [-0.39, 0.29) is 11.5 Å². The molecule has 0 aliphatic heterocycles. The monoisotopic (exact) mass is 352 g/mol. The maximum absolute atomic E-state index is 6.35. The highest BCUT2D eigenvalue weighted by Crippen LogP contribution is 2.29. The molecule has 0 saturated heterocycles. The molecule has 2 rings (SSSR count). The Morgan fingerprint density at radius 1 is 1.35 bits per heavy atom. The lowest BCUT2D eigenvalue weighted by Gasteiger charge is -2.15. The molecule has 0 amide bonds. The maximum Gasteiger partial charge on any atom is 0.0947 e. The van der Waals surface area contributed by atoms with Crippen molar-refractivity contribution in [3.8, 4) is 0 Å². The number of rotatable bonds is 3. The highest BCUT2D eigenvalue weighted by Gasteiger charge is 2.19. The topological polar surface area (TPSA) is 38.9 Å². The molecule has 0 saturated carbocycles. The lowest BCUT2D eigenvalue weighted by molar-refractivity contribution is 0.569. The number of aromatic nitrogens is 1. The van der Waals surface area contributed by atoms with Gasteiger partial charge in [-0.2, -0.15) is 0 Å². The summed E-state index contributed by atoms with van der Waals surface area (Å²) in [4.78, 5) is 4.72. The average Bonchev–Trinajstić information content (AvgIpc) is 2.81. The standard InChI is InChI=1S/C16H21BrN2S/c1-10-6-5-7-11(15(10)17)12(18)8-14-19-13(9-20-14)16(2,3)4/h5-7,9,12H,8,18H2,1-4H3. The third-order valence-electron chi connectivity index (χ3n) is 3.34. The quantitative estimate of drug-likeness (QED) is 0.865. The van der Waals surface area contributed by atoms with E-state index in [1.165, 1.54) is 5.56 Å². The van der Waals surface area contributed by atoms with E-state index in [0.29, 0.717) is 0 Å². The molecule has 0 fully saturated rings. The van der Waals surface area contributed by atoms with E-state index >= 15 is 0 Å². The van der Waals surface area contributed by atoms with Gasteiger partial charge in [0, 0.05) is 27.7 Å². The van der Waals surface area contributed by atoms with E-state index in [4.69, 9.17) is 10.7 Å². The molecule has 2 nitrogen and oxygen atoms in total. The van der Waals surface area contributed by atoms with Crippen LogP contribution < -0.4 is 5.73 Å². The number of nitrogens with two attached hydrogens (primary N) is 1. The van der Waals surface area contributed by atoms with Crippen molar-refractivity contribution in [3.63, 3.8) is 0 Å². The molecular weight excluding hydrogens is 332 g/mol. The molecule has 1 unspecified atom stereocenters. The van der Waals surface area contributed by atoms with Crippen LogP contribution in [0.3, 0.4) is 0 Å². The Balaban J connectivity index is 2.18. The van der Waals surface area contributed by atoms with Crippen LogP contribution in [-0.4, -0.2) is 4.98 Å². The molecule has 0 radical (unpaired) electrons. The normalized spacial score (nSPS) is 13.5. The molecular formula is C16H21BrN2S. The van der Waals surface area contributed by atoms with Crippen molar-refractivity contribution in [2.45, 2.75) is 45.6 Å². The van der Waals surface area contributed by atoms with Crippen LogP contribution in [0.15, 0.2) is 28.1 Å². The molecule has 108 valence electrons. The number of benzene rings is 1. The lowest BCUT2D eigenvalue weighted by atomic mass is 9.93. The van der Waals surface area contributed by atoms with Crippen molar-refractivity contribution < 1.29 is 0 Å². The van der Waals surface area contributed by atoms with E-state index in [2.05, 4.69) is 67.2 Å². The maximum atomic E-state index is 6.35. The second kappa shape index (κ2) is 5.96. The van der Waals surface area contributed by atoms with Crippen LogP contribution in [0, 0.1) is 6.92 Å². The first-order chi connectivity index (χ1) is 9.29. The number of hydrogen-bond acceptors (Lipinski definition) is 3. The van der Waals surface area contributed by atoms with E-state index in [1.807, 2.05) is 0 Å². The van der Waals surface area contributed by atoms with Crippen LogP contribution in [0.5, 0.6) is 0 Å². The number of nitrogens with zero attached hydrogens (tertiary/aromatic N) is 1. The van der Waals surface area contributed by atoms with Crippen molar-refractivity contribution in [1.82, 2.24) is 4.98 Å². The van der Waals surface area contributed by atoms with Crippen molar-refractivity contribution in [2.24, 2.45) is 5.73 Å². The summed E-state index contributed by atoms with van der Waals surface area (Å²) in [6.45, 7) is 8.64. The van der Waals surface area contributed by atoms with Crippen molar-refractivity contribution in [2.75, 3.05) is 0 Å². The van der Waals surface area contributed by atoms with Gasteiger partial charge in [-0.15, -0.1) is 11.3 Å². The average molecular weight is 353 g/mol. The zero-order valence-corrected chi connectivity index (χ0v) is 14.8. The summed E-state index contributed by atoms with van der Waals surface area (Å²) in [6, 6.07) is 6.20. The summed E-state index contributed by atoms with van der Waals surface area (Å²) in [6.07, 6.45) is 0.781. The van der Waals surface area contributed by atoms with E-state index in [9.17, 15) is 0 Å². The molecule has 4 heteroatoms. The number of hydrogen-bond donors (Lipinski definition) is 1. The Hall–Kier alpha value is -0.710. The fourth-order valence-corrected chi connectivity index (χ4v) is 3.64. The van der Waals surface area contributed by atoms with Crippen LogP contribution in [0.1, 0.15) is 48.6 Å². The van der Waals surface area contributed by atoms with Gasteiger partial charge < -0.3 is 5.73 Å². The molecule has 1 atom stereocenters. The summed E-state index contributed by atoms with van der Waals surface area (Å²) in [5.41, 5.74) is 9.96. The number of thiazole rings is 1. The minimum Gasteiger partial charge on any atom is -0.324 e. The Labute approximate surface area is 133 Å². The van der Waals surface area contributed by atoms with Crippen LogP contribution in [-0.2, 0) is 11.8 Å². The smallest absolute Gasteiger partial charge is 0.0947 e. The summed E-state index contributed by atoms with van der Waals surface area (Å²) in [5.74, 6) is 0. The second-order valence-electron chi connectivity index (χ2n) is 6.17. The van der Waals surface area contributed by atoms with Gasteiger partial charge in [0.05, 0.1) is 10.7 Å². The minimum absolute atomic E-state index is 0.0248. The zero-order chi connectivity index (χ0) is 14.9.